The van der Waals surface area contributed by atoms with E-state index in [1.54, 1.807) is 0 Å². The largest absolute Gasteiger partial charge is 0.396 e. The zero-order valence-electron chi connectivity index (χ0n) is 10.5. The van der Waals surface area contributed by atoms with Gasteiger partial charge in [0, 0.05) is 6.61 Å². The lowest BCUT2D eigenvalue weighted by atomic mass is 9.87. The van der Waals surface area contributed by atoms with Crippen molar-refractivity contribution in [1.29, 1.82) is 0 Å². The van der Waals surface area contributed by atoms with Gasteiger partial charge >= 0.3 is 0 Å². The molecule has 0 saturated carbocycles. The van der Waals surface area contributed by atoms with Gasteiger partial charge in [0.1, 0.15) is 0 Å². The van der Waals surface area contributed by atoms with Crippen LogP contribution in [0.25, 0.3) is 0 Å². The summed E-state index contributed by atoms with van der Waals surface area (Å²) in [5.41, 5.74) is 9.62. The van der Waals surface area contributed by atoms with Gasteiger partial charge in [0.05, 0.1) is 0 Å². The second-order valence-electron chi connectivity index (χ2n) is 4.78. The Morgan fingerprint density at radius 1 is 1.31 bits per heavy atom. The van der Waals surface area contributed by atoms with Crippen molar-refractivity contribution < 1.29 is 5.11 Å². The van der Waals surface area contributed by atoms with Crippen LogP contribution in [0.5, 0.6) is 0 Å². The summed E-state index contributed by atoms with van der Waals surface area (Å²) in [6, 6.07) is 6.55. The maximum Gasteiger partial charge on any atom is 0.0471 e. The highest BCUT2D eigenvalue weighted by Gasteiger charge is 2.14. The van der Waals surface area contributed by atoms with Gasteiger partial charge in [-0.2, -0.15) is 0 Å². The smallest absolute Gasteiger partial charge is 0.0471 e. The molecule has 1 aromatic carbocycles. The van der Waals surface area contributed by atoms with E-state index in [4.69, 9.17) is 10.8 Å². The molecule has 2 nitrogen and oxygen atoms in total. The van der Waals surface area contributed by atoms with Crippen molar-refractivity contribution in [3.05, 3.63) is 34.9 Å². The van der Waals surface area contributed by atoms with Crippen LogP contribution in [0.1, 0.15) is 36.0 Å². The molecule has 0 aliphatic rings. The Bertz CT molecular complexity index is 332. The average molecular weight is 221 g/mol. The Balaban J connectivity index is 2.76. The minimum absolute atomic E-state index is 0.186. The Morgan fingerprint density at radius 3 is 2.50 bits per heavy atom. The standard InChI is InChI=1S/C14H23NO/c1-10-4-5-14(11(2)6-10)12(3)7-13(8-15)9-16/h4-6,12-13,16H,7-9,15H2,1-3H3. The van der Waals surface area contributed by atoms with Crippen molar-refractivity contribution in [2.75, 3.05) is 13.2 Å². The molecule has 0 aliphatic heterocycles. The monoisotopic (exact) mass is 221 g/mol. The third-order valence-corrected chi connectivity index (χ3v) is 3.23. The average Bonchev–Trinajstić information content (AvgIpc) is 2.25. The molecule has 0 spiro atoms. The van der Waals surface area contributed by atoms with E-state index in [-0.39, 0.29) is 12.5 Å². The topological polar surface area (TPSA) is 46.2 Å². The van der Waals surface area contributed by atoms with E-state index in [1.807, 2.05) is 0 Å². The normalized spacial score (nSPS) is 14.8. The van der Waals surface area contributed by atoms with Gasteiger partial charge in [-0.25, -0.2) is 0 Å². The van der Waals surface area contributed by atoms with E-state index in [1.165, 1.54) is 16.7 Å². The van der Waals surface area contributed by atoms with Crippen molar-refractivity contribution in [2.45, 2.75) is 33.1 Å². The third-order valence-electron chi connectivity index (χ3n) is 3.23. The maximum atomic E-state index is 9.16. The molecule has 90 valence electrons. The number of benzene rings is 1. The summed E-state index contributed by atoms with van der Waals surface area (Å²) in [5.74, 6) is 0.678. The van der Waals surface area contributed by atoms with E-state index >= 15 is 0 Å². The first-order chi connectivity index (χ1) is 7.58. The highest BCUT2D eigenvalue weighted by molar-refractivity contribution is 5.32. The molecule has 1 aromatic rings. The fraction of sp³-hybridized carbons (Fsp3) is 0.571. The number of nitrogens with two attached hydrogens (primary N) is 1. The van der Waals surface area contributed by atoms with Crippen LogP contribution < -0.4 is 5.73 Å². The minimum atomic E-state index is 0.186. The van der Waals surface area contributed by atoms with Crippen LogP contribution in [-0.4, -0.2) is 18.3 Å². The molecule has 0 aromatic heterocycles. The van der Waals surface area contributed by atoms with Crippen molar-refractivity contribution in [1.82, 2.24) is 0 Å². The highest BCUT2D eigenvalue weighted by atomic mass is 16.3. The summed E-state index contributed by atoms with van der Waals surface area (Å²) in [6.07, 6.45) is 0.955. The fourth-order valence-electron chi connectivity index (χ4n) is 2.25. The SMILES string of the molecule is Cc1ccc(C(C)CC(CN)CO)c(C)c1. The molecule has 0 saturated heterocycles. The molecular formula is C14H23NO. The van der Waals surface area contributed by atoms with Crippen LogP contribution >= 0.6 is 0 Å². The van der Waals surface area contributed by atoms with Crippen LogP contribution in [-0.2, 0) is 0 Å². The number of hydrogen-bond donors (Lipinski definition) is 2. The second kappa shape index (κ2) is 6.02. The first kappa shape index (κ1) is 13.2. The Labute approximate surface area is 98.5 Å². The molecule has 0 amide bonds. The zero-order valence-corrected chi connectivity index (χ0v) is 10.5. The van der Waals surface area contributed by atoms with E-state index in [2.05, 4.69) is 39.0 Å². The molecule has 2 heteroatoms. The van der Waals surface area contributed by atoms with Gasteiger partial charge in [0.2, 0.25) is 0 Å². The van der Waals surface area contributed by atoms with Gasteiger partial charge in [-0.15, -0.1) is 0 Å². The van der Waals surface area contributed by atoms with Gasteiger partial charge in [-0.3, -0.25) is 0 Å². The van der Waals surface area contributed by atoms with Crippen LogP contribution in [0.4, 0.5) is 0 Å². The molecule has 1 rings (SSSR count). The number of aliphatic hydroxyl groups excluding tert-OH is 1. The molecule has 0 radical (unpaired) electrons. The lowest BCUT2D eigenvalue weighted by Gasteiger charge is -2.19. The van der Waals surface area contributed by atoms with Gasteiger partial charge in [0.25, 0.3) is 0 Å². The van der Waals surface area contributed by atoms with Gasteiger partial charge < -0.3 is 10.8 Å². The summed E-state index contributed by atoms with van der Waals surface area (Å²) >= 11 is 0. The predicted octanol–water partition coefficient (Wildman–Crippen LogP) is 2.36. The van der Waals surface area contributed by atoms with Gasteiger partial charge in [-0.1, -0.05) is 30.7 Å². The molecule has 0 heterocycles. The van der Waals surface area contributed by atoms with Crippen molar-refractivity contribution >= 4 is 0 Å². The molecule has 3 N–H and O–H groups in total. The third kappa shape index (κ3) is 3.32. The second-order valence-corrected chi connectivity index (χ2v) is 4.78. The molecule has 2 atom stereocenters. The first-order valence-corrected chi connectivity index (χ1v) is 5.96. The molecule has 0 fully saturated rings. The Kier molecular flexibility index (Phi) is 4.97. The first-order valence-electron chi connectivity index (χ1n) is 5.96. The summed E-state index contributed by atoms with van der Waals surface area (Å²) in [4.78, 5) is 0. The number of rotatable bonds is 5. The predicted molar refractivity (Wildman–Crippen MR) is 68.6 cm³/mol. The van der Waals surface area contributed by atoms with Gasteiger partial charge in [-0.05, 0) is 49.8 Å². The number of hydrogen-bond acceptors (Lipinski definition) is 2. The number of aryl methyl sites for hydroxylation is 2. The van der Waals surface area contributed by atoms with Crippen molar-refractivity contribution in [3.8, 4) is 0 Å². The molecule has 0 aliphatic carbocycles. The van der Waals surface area contributed by atoms with Crippen LogP contribution in [0.3, 0.4) is 0 Å². The number of aliphatic hydroxyl groups is 1. The summed E-state index contributed by atoms with van der Waals surface area (Å²) in [7, 11) is 0. The van der Waals surface area contributed by atoms with E-state index in [9.17, 15) is 0 Å². The zero-order chi connectivity index (χ0) is 12.1. The minimum Gasteiger partial charge on any atom is -0.396 e. The maximum absolute atomic E-state index is 9.16. The van der Waals surface area contributed by atoms with E-state index < -0.39 is 0 Å². The summed E-state index contributed by atoms with van der Waals surface area (Å²) in [6.45, 7) is 7.21. The molecular weight excluding hydrogens is 198 g/mol. The van der Waals surface area contributed by atoms with E-state index in [0.717, 1.165) is 6.42 Å². The Morgan fingerprint density at radius 2 is 2.00 bits per heavy atom. The Hall–Kier alpha value is -0.860. The van der Waals surface area contributed by atoms with Crippen molar-refractivity contribution in [3.63, 3.8) is 0 Å². The summed E-state index contributed by atoms with van der Waals surface area (Å²) < 4.78 is 0. The van der Waals surface area contributed by atoms with Crippen LogP contribution in [0.2, 0.25) is 0 Å². The quantitative estimate of drug-likeness (QED) is 0.802. The fourth-order valence-corrected chi connectivity index (χ4v) is 2.25. The van der Waals surface area contributed by atoms with Crippen molar-refractivity contribution in [2.24, 2.45) is 11.7 Å². The van der Waals surface area contributed by atoms with Gasteiger partial charge in [0.15, 0.2) is 0 Å². The molecule has 2 unspecified atom stereocenters. The molecule has 0 bridgehead atoms. The molecule has 16 heavy (non-hydrogen) atoms. The summed E-state index contributed by atoms with van der Waals surface area (Å²) in [5, 5.41) is 9.16. The van der Waals surface area contributed by atoms with E-state index in [0.29, 0.717) is 12.5 Å². The lowest BCUT2D eigenvalue weighted by molar-refractivity contribution is 0.217. The van der Waals surface area contributed by atoms with Crippen LogP contribution in [0, 0.1) is 19.8 Å². The highest BCUT2D eigenvalue weighted by Crippen LogP contribution is 2.26. The lowest BCUT2D eigenvalue weighted by Crippen LogP contribution is -2.20. The van der Waals surface area contributed by atoms with Crippen LogP contribution in [0.15, 0.2) is 18.2 Å².